The van der Waals surface area contributed by atoms with Gasteiger partial charge in [0.1, 0.15) is 12.4 Å². The van der Waals surface area contributed by atoms with E-state index in [0.717, 1.165) is 59.4 Å². The van der Waals surface area contributed by atoms with Crippen LogP contribution in [-0.2, 0) is 23.8 Å². The summed E-state index contributed by atoms with van der Waals surface area (Å²) in [6.45, 7) is 3.66. The number of methoxy groups -OCH3 is 1. The van der Waals surface area contributed by atoms with Gasteiger partial charge in [-0.15, -0.1) is 0 Å². The number of cyclic esters (lactones) is 1. The fourth-order valence-corrected chi connectivity index (χ4v) is 6.42. The lowest BCUT2D eigenvalue weighted by molar-refractivity contribution is -0.154. The minimum absolute atomic E-state index is 0.0963. The van der Waals surface area contributed by atoms with Crippen molar-refractivity contribution in [2.24, 2.45) is 0 Å². The molecule has 1 N–H and O–H groups in total. The maximum atomic E-state index is 12.7. The Morgan fingerprint density at radius 1 is 0.667 bits per heavy atom. The Morgan fingerprint density at radius 3 is 1.54 bits per heavy atom. The predicted molar refractivity (Wildman–Crippen MR) is 223 cm³/mol. The van der Waals surface area contributed by atoms with E-state index < -0.39 is 24.1 Å². The summed E-state index contributed by atoms with van der Waals surface area (Å²) in [4.78, 5) is 35.9. The van der Waals surface area contributed by atoms with E-state index in [2.05, 4.69) is 28.4 Å². The average Bonchev–Trinajstić information content (AvgIpc) is 3.58. The van der Waals surface area contributed by atoms with Gasteiger partial charge in [0.05, 0.1) is 25.9 Å². The third kappa shape index (κ3) is 16.0. The number of carbonyl (C=O) groups is 3. The molecule has 1 aliphatic heterocycles. The molecule has 3 aromatic rings. The minimum atomic E-state index is -1.26. The van der Waals surface area contributed by atoms with Crippen LogP contribution in [0.3, 0.4) is 0 Å². The molecule has 0 saturated carbocycles. The third-order valence-electron chi connectivity index (χ3n) is 10.00. The topological polar surface area (TPSA) is 108 Å². The smallest absolute Gasteiger partial charge is 0.338 e. The first kappa shape index (κ1) is 44.4. The zero-order chi connectivity index (χ0) is 40.7. The summed E-state index contributed by atoms with van der Waals surface area (Å²) >= 11 is 0. The summed E-state index contributed by atoms with van der Waals surface area (Å²) in [5.41, 5.74) is 3.76. The van der Waals surface area contributed by atoms with E-state index in [1.807, 2.05) is 48.5 Å². The van der Waals surface area contributed by atoms with Crippen molar-refractivity contribution in [3.8, 4) is 29.4 Å². The number of allylic oxidation sites excluding steroid dienone is 1. The molecule has 57 heavy (non-hydrogen) atoms. The number of ether oxygens (including phenoxy) is 4. The highest BCUT2D eigenvalue weighted by Gasteiger charge is 2.45. The number of unbranched alkanes of at least 4 members (excludes halogenated alkanes) is 12. The summed E-state index contributed by atoms with van der Waals surface area (Å²) in [7, 11) is 1.45. The molecule has 0 aromatic heterocycles. The molecule has 302 valence electrons. The van der Waals surface area contributed by atoms with Gasteiger partial charge in [-0.2, -0.15) is 0 Å². The Bertz CT molecular complexity index is 1880. The molecule has 8 nitrogen and oxygen atoms in total. The molecule has 1 fully saturated rings. The van der Waals surface area contributed by atoms with Crippen LogP contribution < -0.4 is 4.74 Å². The SMILES string of the molecule is COC(=O)CCCCCCCCCCCCCCCOc1ccc(C#Cc2ccc(C#Cc3ccc(C(=O)OCC4(CO)CC(=C(C)C)C(=O)O4)cc3)cc2)cc1. The van der Waals surface area contributed by atoms with Crippen molar-refractivity contribution in [2.45, 2.75) is 116 Å². The zero-order valence-electron chi connectivity index (χ0n) is 34.0. The van der Waals surface area contributed by atoms with E-state index in [1.54, 1.807) is 38.1 Å². The Kier molecular flexibility index (Phi) is 19.0. The fourth-order valence-electron chi connectivity index (χ4n) is 6.42. The molecule has 4 rings (SSSR count). The molecule has 8 heteroatoms. The van der Waals surface area contributed by atoms with E-state index >= 15 is 0 Å². The summed E-state index contributed by atoms with van der Waals surface area (Å²) in [6, 6.07) is 22.4. The number of hydrogen-bond donors (Lipinski definition) is 1. The number of aliphatic hydroxyl groups excluding tert-OH is 1. The summed E-state index contributed by atoms with van der Waals surface area (Å²) in [6.07, 6.45) is 16.7. The molecular weight excluding hydrogens is 717 g/mol. The van der Waals surface area contributed by atoms with Crippen LogP contribution in [0, 0.1) is 23.7 Å². The van der Waals surface area contributed by atoms with Gasteiger partial charge >= 0.3 is 17.9 Å². The second kappa shape index (κ2) is 24.4. The zero-order valence-corrected chi connectivity index (χ0v) is 34.0. The number of rotatable bonds is 21. The van der Waals surface area contributed by atoms with E-state index in [0.29, 0.717) is 17.6 Å². The highest BCUT2D eigenvalue weighted by molar-refractivity contribution is 5.92. The standard InChI is InChI=1S/C49H58O8/c1-38(2)45-35-49(36-50,57-48(45)53)37-56-47(52)43-30-26-41(27-31-43)24-22-39-18-20-40(21-19-39)23-25-42-28-32-44(33-29-42)55-34-16-14-12-10-8-6-4-5-7-9-11-13-15-17-46(51)54-3/h18-21,26-33,50H,4-17,34-37H2,1-3H3. The quantitative estimate of drug-likeness (QED) is 0.0375. The van der Waals surface area contributed by atoms with Crippen molar-refractivity contribution < 1.29 is 38.4 Å². The van der Waals surface area contributed by atoms with Gasteiger partial charge in [0.2, 0.25) is 0 Å². The van der Waals surface area contributed by atoms with E-state index in [1.165, 1.54) is 71.3 Å². The summed E-state index contributed by atoms with van der Waals surface area (Å²) in [5, 5.41) is 9.87. The number of hydrogen-bond acceptors (Lipinski definition) is 8. The molecule has 0 spiro atoms. The van der Waals surface area contributed by atoms with Gasteiger partial charge in [-0.3, -0.25) is 4.79 Å². The van der Waals surface area contributed by atoms with E-state index in [-0.39, 0.29) is 19.0 Å². The van der Waals surface area contributed by atoms with Crippen molar-refractivity contribution in [3.63, 3.8) is 0 Å². The fraction of sp³-hybridized carbons (Fsp3) is 0.449. The lowest BCUT2D eigenvalue weighted by Gasteiger charge is -2.24. The summed E-state index contributed by atoms with van der Waals surface area (Å²) < 4.78 is 21.4. The van der Waals surface area contributed by atoms with Gasteiger partial charge in [0.15, 0.2) is 5.60 Å². The van der Waals surface area contributed by atoms with Crippen LogP contribution in [0.2, 0.25) is 0 Å². The Labute approximate surface area is 339 Å². The second-order valence-corrected chi connectivity index (χ2v) is 14.9. The molecule has 1 atom stereocenters. The maximum absolute atomic E-state index is 12.7. The first-order valence-electron chi connectivity index (χ1n) is 20.4. The Hall–Kier alpha value is -5.31. The van der Waals surface area contributed by atoms with Gasteiger partial charge in [-0.05, 0) is 99.5 Å². The average molecular weight is 775 g/mol. The van der Waals surface area contributed by atoms with Crippen molar-refractivity contribution in [2.75, 3.05) is 26.9 Å². The minimum Gasteiger partial charge on any atom is -0.494 e. The molecule has 0 amide bonds. The second-order valence-electron chi connectivity index (χ2n) is 14.9. The van der Waals surface area contributed by atoms with Crippen LogP contribution >= 0.6 is 0 Å². The molecule has 0 radical (unpaired) electrons. The van der Waals surface area contributed by atoms with Crippen molar-refractivity contribution in [1.29, 1.82) is 0 Å². The van der Waals surface area contributed by atoms with Gasteiger partial charge in [-0.1, -0.05) is 99.9 Å². The first-order valence-corrected chi connectivity index (χ1v) is 20.4. The van der Waals surface area contributed by atoms with Crippen molar-refractivity contribution in [1.82, 2.24) is 0 Å². The van der Waals surface area contributed by atoms with Crippen molar-refractivity contribution in [3.05, 3.63) is 112 Å². The van der Waals surface area contributed by atoms with Crippen LogP contribution in [0.1, 0.15) is 143 Å². The predicted octanol–water partition coefficient (Wildman–Crippen LogP) is 9.67. The van der Waals surface area contributed by atoms with Crippen molar-refractivity contribution >= 4 is 17.9 Å². The highest BCUT2D eigenvalue weighted by Crippen LogP contribution is 2.33. The summed E-state index contributed by atoms with van der Waals surface area (Å²) in [5.74, 6) is 12.4. The van der Waals surface area contributed by atoms with Gasteiger partial charge in [0, 0.05) is 40.7 Å². The number of benzene rings is 3. The molecular formula is C49H58O8. The largest absolute Gasteiger partial charge is 0.494 e. The number of carbonyl (C=O) groups excluding carboxylic acids is 3. The van der Waals surface area contributed by atoms with E-state index in [4.69, 9.17) is 14.2 Å². The molecule has 0 aliphatic carbocycles. The Morgan fingerprint density at radius 2 is 1.11 bits per heavy atom. The molecule has 0 bridgehead atoms. The highest BCUT2D eigenvalue weighted by atomic mass is 16.6. The number of aliphatic hydroxyl groups is 1. The van der Waals surface area contributed by atoms with Crippen LogP contribution in [0.25, 0.3) is 0 Å². The molecule has 1 heterocycles. The van der Waals surface area contributed by atoms with Gasteiger partial charge < -0.3 is 24.1 Å². The van der Waals surface area contributed by atoms with E-state index in [9.17, 15) is 19.5 Å². The normalized spacial score (nSPS) is 14.5. The molecule has 1 aliphatic rings. The lowest BCUT2D eigenvalue weighted by atomic mass is 9.97. The first-order chi connectivity index (χ1) is 27.7. The van der Waals surface area contributed by atoms with Gasteiger partial charge in [-0.25, -0.2) is 9.59 Å². The van der Waals surface area contributed by atoms with Crippen LogP contribution in [0.15, 0.2) is 83.9 Å². The van der Waals surface area contributed by atoms with Gasteiger partial charge in [0.25, 0.3) is 0 Å². The van der Waals surface area contributed by atoms with Crippen LogP contribution in [0.5, 0.6) is 5.75 Å². The molecule has 3 aromatic carbocycles. The number of esters is 3. The molecule has 1 unspecified atom stereocenters. The molecule has 1 saturated heterocycles. The lowest BCUT2D eigenvalue weighted by Crippen LogP contribution is -2.39. The van der Waals surface area contributed by atoms with Crippen LogP contribution in [-0.4, -0.2) is 55.5 Å². The maximum Gasteiger partial charge on any atom is 0.338 e. The van der Waals surface area contributed by atoms with Crippen LogP contribution in [0.4, 0.5) is 0 Å². The monoisotopic (exact) mass is 774 g/mol. The third-order valence-corrected chi connectivity index (χ3v) is 10.00. The Balaban J connectivity index is 1.08.